The number of rotatable bonds is 3. The van der Waals surface area contributed by atoms with Crippen molar-refractivity contribution in [3.05, 3.63) is 58.1 Å². The quantitative estimate of drug-likeness (QED) is 0.810. The van der Waals surface area contributed by atoms with E-state index in [0.717, 1.165) is 11.3 Å². The number of nitrogens with one attached hydrogen (secondary N) is 1. The zero-order valence-corrected chi connectivity index (χ0v) is 13.4. The summed E-state index contributed by atoms with van der Waals surface area (Å²) >= 11 is 11.9. The van der Waals surface area contributed by atoms with E-state index in [9.17, 15) is 4.79 Å². The summed E-state index contributed by atoms with van der Waals surface area (Å²) in [4.78, 5) is 14.1. The van der Waals surface area contributed by atoms with Crippen LogP contribution in [0.25, 0.3) is 0 Å². The van der Waals surface area contributed by atoms with Gasteiger partial charge in [0.05, 0.1) is 0 Å². The molecule has 2 aromatic rings. The van der Waals surface area contributed by atoms with Gasteiger partial charge in [0, 0.05) is 28.0 Å². The van der Waals surface area contributed by atoms with Crippen molar-refractivity contribution in [3.63, 3.8) is 0 Å². The van der Waals surface area contributed by atoms with Crippen LogP contribution in [-0.4, -0.2) is 12.6 Å². The maximum atomic E-state index is 12.4. The first kappa shape index (κ1) is 15.7. The summed E-state index contributed by atoms with van der Waals surface area (Å²) in [6.45, 7) is 4.47. The van der Waals surface area contributed by atoms with Gasteiger partial charge in [0.1, 0.15) is 0 Å². The van der Waals surface area contributed by atoms with Crippen molar-refractivity contribution in [3.8, 4) is 0 Å². The van der Waals surface area contributed by atoms with E-state index >= 15 is 0 Å². The highest BCUT2D eigenvalue weighted by Crippen LogP contribution is 2.23. The van der Waals surface area contributed by atoms with Crippen molar-refractivity contribution in [2.45, 2.75) is 13.8 Å². The Kier molecular flexibility index (Phi) is 5.10. The van der Waals surface area contributed by atoms with Crippen LogP contribution in [0.15, 0.2) is 42.5 Å². The number of nitrogens with zero attached hydrogens (tertiary/aromatic N) is 1. The van der Waals surface area contributed by atoms with Crippen molar-refractivity contribution in [1.82, 2.24) is 0 Å². The number of halogens is 2. The second kappa shape index (κ2) is 6.83. The number of carbonyl (C=O) groups excluding carboxylic acids is 1. The molecule has 0 heterocycles. The molecule has 2 amide bonds. The Morgan fingerprint density at radius 2 is 1.81 bits per heavy atom. The smallest absolute Gasteiger partial charge is 0.307 e. The average Bonchev–Trinajstić information content (AvgIpc) is 2.38. The molecule has 2 rings (SSSR count). The zero-order chi connectivity index (χ0) is 15.4. The Morgan fingerprint density at radius 3 is 2.38 bits per heavy atom. The highest BCUT2D eigenvalue weighted by molar-refractivity contribution is 6.35. The van der Waals surface area contributed by atoms with Gasteiger partial charge in [-0.15, -0.1) is 0 Å². The summed E-state index contributed by atoms with van der Waals surface area (Å²) in [5.74, 6) is 0. The van der Waals surface area contributed by atoms with Gasteiger partial charge in [-0.3, -0.25) is 4.90 Å². The summed E-state index contributed by atoms with van der Waals surface area (Å²) in [5.41, 5.74) is 2.52. The van der Waals surface area contributed by atoms with Crippen LogP contribution in [0.5, 0.6) is 0 Å². The number of anilines is 2. The standard InChI is InChI=1S/C16H16Cl2N2O/c1-3-20(15-6-4-5-11(2)7-15)16(21)19-14-9-12(17)8-13(18)10-14/h4-10H,3H2,1-2H3,(H,19,21). The Balaban J connectivity index is 2.21. The maximum Gasteiger partial charge on any atom is 0.326 e. The van der Waals surface area contributed by atoms with Crippen LogP contribution in [-0.2, 0) is 0 Å². The van der Waals surface area contributed by atoms with Crippen LogP contribution in [0.2, 0.25) is 10.0 Å². The van der Waals surface area contributed by atoms with Gasteiger partial charge in [0.15, 0.2) is 0 Å². The highest BCUT2D eigenvalue weighted by atomic mass is 35.5. The van der Waals surface area contributed by atoms with E-state index in [-0.39, 0.29) is 6.03 Å². The molecule has 0 aliphatic rings. The molecule has 110 valence electrons. The molecule has 0 bridgehead atoms. The van der Waals surface area contributed by atoms with Crippen LogP contribution in [0.1, 0.15) is 12.5 Å². The first-order chi connectivity index (χ1) is 9.99. The molecule has 21 heavy (non-hydrogen) atoms. The monoisotopic (exact) mass is 322 g/mol. The Morgan fingerprint density at radius 1 is 1.14 bits per heavy atom. The molecular formula is C16H16Cl2N2O. The van der Waals surface area contributed by atoms with Crippen LogP contribution in [0.4, 0.5) is 16.2 Å². The molecule has 0 atom stereocenters. The van der Waals surface area contributed by atoms with Crippen molar-refractivity contribution in [2.24, 2.45) is 0 Å². The second-order valence-electron chi connectivity index (χ2n) is 4.67. The summed E-state index contributed by atoms with van der Waals surface area (Å²) in [6.07, 6.45) is 0. The first-order valence-corrected chi connectivity index (χ1v) is 7.36. The summed E-state index contributed by atoms with van der Waals surface area (Å²) in [7, 11) is 0. The van der Waals surface area contributed by atoms with Gasteiger partial charge in [-0.2, -0.15) is 0 Å². The number of urea groups is 1. The van der Waals surface area contributed by atoms with Gasteiger partial charge in [0.2, 0.25) is 0 Å². The van der Waals surface area contributed by atoms with Gasteiger partial charge in [-0.05, 0) is 49.7 Å². The Labute approximate surface area is 134 Å². The first-order valence-electron chi connectivity index (χ1n) is 6.61. The fourth-order valence-electron chi connectivity index (χ4n) is 2.06. The number of hydrogen-bond acceptors (Lipinski definition) is 1. The van der Waals surface area contributed by atoms with E-state index in [1.807, 2.05) is 38.1 Å². The third-order valence-corrected chi connectivity index (χ3v) is 3.42. The van der Waals surface area contributed by atoms with E-state index in [4.69, 9.17) is 23.2 Å². The molecule has 3 nitrogen and oxygen atoms in total. The van der Waals surface area contributed by atoms with Gasteiger partial charge < -0.3 is 5.32 Å². The van der Waals surface area contributed by atoms with Gasteiger partial charge in [-0.1, -0.05) is 35.3 Å². The molecule has 2 aromatic carbocycles. The fraction of sp³-hybridized carbons (Fsp3) is 0.188. The van der Waals surface area contributed by atoms with Gasteiger partial charge in [-0.25, -0.2) is 4.79 Å². The second-order valence-corrected chi connectivity index (χ2v) is 5.54. The lowest BCUT2D eigenvalue weighted by atomic mass is 10.2. The molecule has 0 saturated heterocycles. The van der Waals surface area contributed by atoms with Gasteiger partial charge >= 0.3 is 6.03 Å². The van der Waals surface area contributed by atoms with Crippen LogP contribution >= 0.6 is 23.2 Å². The van der Waals surface area contributed by atoms with E-state index in [1.165, 1.54) is 0 Å². The van der Waals surface area contributed by atoms with Crippen molar-refractivity contribution in [1.29, 1.82) is 0 Å². The van der Waals surface area contributed by atoms with E-state index in [2.05, 4.69) is 5.32 Å². The van der Waals surface area contributed by atoms with Crippen molar-refractivity contribution < 1.29 is 4.79 Å². The SMILES string of the molecule is CCN(C(=O)Nc1cc(Cl)cc(Cl)c1)c1cccc(C)c1. The number of amides is 2. The minimum atomic E-state index is -0.221. The Bertz CT molecular complexity index is 638. The average molecular weight is 323 g/mol. The van der Waals surface area contributed by atoms with Gasteiger partial charge in [0.25, 0.3) is 0 Å². The molecule has 0 radical (unpaired) electrons. The number of aryl methyl sites for hydroxylation is 1. The molecule has 0 saturated carbocycles. The third kappa shape index (κ3) is 4.13. The Hall–Kier alpha value is -1.71. The molecule has 0 aliphatic carbocycles. The lowest BCUT2D eigenvalue weighted by molar-refractivity contribution is 0.257. The van der Waals surface area contributed by atoms with Crippen LogP contribution < -0.4 is 10.2 Å². The number of hydrogen-bond donors (Lipinski definition) is 1. The zero-order valence-electron chi connectivity index (χ0n) is 11.9. The molecule has 5 heteroatoms. The minimum absolute atomic E-state index is 0.221. The number of benzene rings is 2. The molecule has 0 spiro atoms. The highest BCUT2D eigenvalue weighted by Gasteiger charge is 2.14. The van der Waals surface area contributed by atoms with E-state index in [0.29, 0.717) is 22.3 Å². The summed E-state index contributed by atoms with van der Waals surface area (Å²) in [6, 6.07) is 12.5. The normalized spacial score (nSPS) is 10.3. The lowest BCUT2D eigenvalue weighted by Crippen LogP contribution is -2.34. The third-order valence-electron chi connectivity index (χ3n) is 2.99. The van der Waals surface area contributed by atoms with Crippen molar-refractivity contribution >= 4 is 40.6 Å². The van der Waals surface area contributed by atoms with Crippen LogP contribution in [0, 0.1) is 6.92 Å². The topological polar surface area (TPSA) is 32.3 Å². The van der Waals surface area contributed by atoms with E-state index in [1.54, 1.807) is 23.1 Å². The molecule has 1 N–H and O–H groups in total. The molecule has 0 aliphatic heterocycles. The summed E-state index contributed by atoms with van der Waals surface area (Å²) in [5, 5.41) is 3.78. The molecule has 0 unspecified atom stereocenters. The minimum Gasteiger partial charge on any atom is -0.307 e. The molecule has 0 fully saturated rings. The largest absolute Gasteiger partial charge is 0.326 e. The predicted molar refractivity (Wildman–Crippen MR) is 89.7 cm³/mol. The fourth-order valence-corrected chi connectivity index (χ4v) is 2.58. The van der Waals surface area contributed by atoms with Crippen LogP contribution in [0.3, 0.4) is 0 Å². The lowest BCUT2D eigenvalue weighted by Gasteiger charge is -2.22. The van der Waals surface area contributed by atoms with E-state index < -0.39 is 0 Å². The predicted octanol–water partition coefficient (Wildman–Crippen LogP) is 5.36. The number of carbonyl (C=O) groups is 1. The maximum absolute atomic E-state index is 12.4. The van der Waals surface area contributed by atoms with Crippen molar-refractivity contribution in [2.75, 3.05) is 16.8 Å². The molecular weight excluding hydrogens is 307 g/mol. The summed E-state index contributed by atoms with van der Waals surface area (Å²) < 4.78 is 0. The molecule has 0 aromatic heterocycles.